The second-order valence-electron chi connectivity index (χ2n) is 7.64. The third kappa shape index (κ3) is 4.60. The highest BCUT2D eigenvalue weighted by Gasteiger charge is 2.27. The van der Waals surface area contributed by atoms with Crippen LogP contribution in [0.1, 0.15) is 58.8 Å². The van der Waals surface area contributed by atoms with E-state index in [1.807, 2.05) is 28.8 Å². The number of pyridine rings is 1. The lowest BCUT2D eigenvalue weighted by molar-refractivity contribution is -0.135. The van der Waals surface area contributed by atoms with Crippen LogP contribution in [0.3, 0.4) is 0 Å². The molecule has 0 saturated heterocycles. The number of halogens is 3. The van der Waals surface area contributed by atoms with E-state index in [1.54, 1.807) is 18.5 Å². The zero-order valence-electron chi connectivity index (χ0n) is 15.7. The molecule has 7 heteroatoms. The number of rotatable bonds is 7. The first-order valence-electron chi connectivity index (χ1n) is 9.67. The minimum absolute atomic E-state index is 0.0360. The first-order chi connectivity index (χ1) is 13.8. The van der Waals surface area contributed by atoms with Gasteiger partial charge < -0.3 is 9.67 Å². The van der Waals surface area contributed by atoms with E-state index in [1.165, 1.54) is 0 Å². The summed E-state index contributed by atoms with van der Waals surface area (Å²) in [6.45, 7) is 0.301. The summed E-state index contributed by atoms with van der Waals surface area (Å²) in [5.41, 5.74) is 3.52. The van der Waals surface area contributed by atoms with Crippen LogP contribution in [-0.2, 0) is 13.0 Å². The van der Waals surface area contributed by atoms with Crippen LogP contribution < -0.4 is 0 Å². The molecule has 0 amide bonds. The third-order valence-electron chi connectivity index (χ3n) is 5.34. The second kappa shape index (κ2) is 7.54. The molecule has 1 fully saturated rings. The molecule has 0 spiro atoms. The Morgan fingerprint density at radius 2 is 2.00 bits per heavy atom. The van der Waals surface area contributed by atoms with Gasteiger partial charge in [-0.05, 0) is 66.0 Å². The van der Waals surface area contributed by atoms with E-state index < -0.39 is 18.6 Å². The number of carbonyl (C=O) groups is 1. The molecule has 0 aliphatic heterocycles. The molecule has 1 N–H and O–H groups in total. The van der Waals surface area contributed by atoms with Crippen LogP contribution in [0.5, 0.6) is 0 Å². The van der Waals surface area contributed by atoms with Gasteiger partial charge in [-0.3, -0.25) is 4.98 Å². The number of aromatic nitrogens is 2. The Morgan fingerprint density at radius 3 is 2.69 bits per heavy atom. The van der Waals surface area contributed by atoms with E-state index in [2.05, 4.69) is 4.98 Å². The molecule has 152 valence electrons. The number of aryl methyl sites for hydroxylation is 1. The van der Waals surface area contributed by atoms with Crippen molar-refractivity contribution >= 4 is 16.9 Å². The Morgan fingerprint density at radius 1 is 1.21 bits per heavy atom. The molecule has 1 aromatic carbocycles. The number of aromatic carboxylic acids is 1. The summed E-state index contributed by atoms with van der Waals surface area (Å²) in [5.74, 6) is -0.546. The summed E-state index contributed by atoms with van der Waals surface area (Å²) >= 11 is 0. The fraction of sp³-hybridized carbons (Fsp3) is 0.364. The van der Waals surface area contributed by atoms with E-state index in [0.717, 1.165) is 34.9 Å². The molecule has 2 heterocycles. The highest BCUT2D eigenvalue weighted by molar-refractivity contribution is 5.89. The normalized spacial score (nSPS) is 14.4. The van der Waals surface area contributed by atoms with Crippen molar-refractivity contribution in [3.63, 3.8) is 0 Å². The number of benzene rings is 1. The number of nitrogens with zero attached hydrogens (tertiary/aromatic N) is 2. The molecule has 1 aliphatic rings. The minimum Gasteiger partial charge on any atom is -0.478 e. The average molecular weight is 402 g/mol. The van der Waals surface area contributed by atoms with Crippen molar-refractivity contribution in [1.29, 1.82) is 0 Å². The van der Waals surface area contributed by atoms with E-state index in [0.29, 0.717) is 24.6 Å². The zero-order valence-corrected chi connectivity index (χ0v) is 15.7. The fourth-order valence-electron chi connectivity index (χ4n) is 3.67. The fourth-order valence-corrected chi connectivity index (χ4v) is 3.67. The van der Waals surface area contributed by atoms with Crippen LogP contribution in [0.15, 0.2) is 42.7 Å². The number of alkyl halides is 3. The maximum Gasteiger partial charge on any atom is 0.389 e. The quantitative estimate of drug-likeness (QED) is 0.564. The molecule has 1 aliphatic carbocycles. The van der Waals surface area contributed by atoms with E-state index in [4.69, 9.17) is 0 Å². The number of fused-ring (bicyclic) bond motifs is 1. The van der Waals surface area contributed by atoms with Gasteiger partial charge >= 0.3 is 12.1 Å². The number of hydrogen-bond acceptors (Lipinski definition) is 2. The monoisotopic (exact) mass is 402 g/mol. The molecule has 0 radical (unpaired) electrons. The summed E-state index contributed by atoms with van der Waals surface area (Å²) in [5, 5.41) is 10.5. The highest BCUT2D eigenvalue weighted by atomic mass is 19.4. The summed E-state index contributed by atoms with van der Waals surface area (Å²) in [7, 11) is 0. The van der Waals surface area contributed by atoms with Gasteiger partial charge in [-0.15, -0.1) is 0 Å². The lowest BCUT2D eigenvalue weighted by Crippen LogP contribution is -2.09. The number of hydrogen-bond donors (Lipinski definition) is 1. The predicted octanol–water partition coefficient (Wildman–Crippen LogP) is 5.55. The molecule has 3 aromatic rings. The predicted molar refractivity (Wildman–Crippen MR) is 103 cm³/mol. The summed E-state index contributed by atoms with van der Waals surface area (Å²) in [6.07, 6.45) is 1.21. The molecule has 2 aromatic heterocycles. The highest BCUT2D eigenvalue weighted by Crippen LogP contribution is 2.40. The molecule has 4 nitrogen and oxygen atoms in total. The minimum atomic E-state index is -4.14. The maximum atomic E-state index is 12.4. The number of carboxylic acid groups (broad SMARTS) is 1. The van der Waals surface area contributed by atoms with E-state index in [9.17, 15) is 23.1 Å². The topological polar surface area (TPSA) is 55.1 Å². The van der Waals surface area contributed by atoms with Crippen LogP contribution in [-0.4, -0.2) is 26.8 Å². The van der Waals surface area contributed by atoms with Gasteiger partial charge in [0.25, 0.3) is 0 Å². The summed E-state index contributed by atoms with van der Waals surface area (Å²) < 4.78 is 38.9. The van der Waals surface area contributed by atoms with Crippen LogP contribution >= 0.6 is 0 Å². The maximum absolute atomic E-state index is 12.4. The molecular weight excluding hydrogens is 381 g/mol. The summed E-state index contributed by atoms with van der Waals surface area (Å²) in [6, 6.07) is 9.30. The van der Waals surface area contributed by atoms with Gasteiger partial charge in [-0.25, -0.2) is 4.79 Å². The molecule has 29 heavy (non-hydrogen) atoms. The van der Waals surface area contributed by atoms with Crippen molar-refractivity contribution in [3.05, 3.63) is 65.1 Å². The lowest BCUT2D eigenvalue weighted by atomic mass is 10.0. The van der Waals surface area contributed by atoms with Gasteiger partial charge in [0.2, 0.25) is 0 Å². The van der Waals surface area contributed by atoms with Crippen LogP contribution in [0.4, 0.5) is 13.2 Å². The Balaban J connectivity index is 1.52. The van der Waals surface area contributed by atoms with Gasteiger partial charge in [0.1, 0.15) is 0 Å². The molecule has 4 rings (SSSR count). The van der Waals surface area contributed by atoms with Crippen LogP contribution in [0, 0.1) is 0 Å². The van der Waals surface area contributed by atoms with Crippen molar-refractivity contribution in [2.75, 3.05) is 0 Å². The van der Waals surface area contributed by atoms with Gasteiger partial charge in [0, 0.05) is 37.3 Å². The van der Waals surface area contributed by atoms with Crippen molar-refractivity contribution in [2.24, 2.45) is 0 Å². The standard InChI is InChI=1S/C22H21F3N2O2/c23-22(24,25)7-1-8-27-9-6-16-10-14(2-5-20(16)27)11-19-18(21(28)29)12-17(13-26-19)15-3-4-15/h2,5-6,9-10,12-13,15H,1,3-4,7-8,11H2,(H,28,29). The van der Waals surface area contributed by atoms with Gasteiger partial charge in [-0.1, -0.05) is 6.07 Å². The lowest BCUT2D eigenvalue weighted by Gasteiger charge is -2.10. The second-order valence-corrected chi connectivity index (χ2v) is 7.64. The van der Waals surface area contributed by atoms with Crippen LogP contribution in [0.2, 0.25) is 0 Å². The van der Waals surface area contributed by atoms with Gasteiger partial charge in [-0.2, -0.15) is 13.2 Å². The first kappa shape index (κ1) is 19.5. The van der Waals surface area contributed by atoms with Crippen LogP contribution in [0.25, 0.3) is 10.9 Å². The number of carboxylic acids is 1. The molecule has 1 saturated carbocycles. The Hall–Kier alpha value is -2.83. The Bertz CT molecular complexity index is 1050. The van der Waals surface area contributed by atoms with Crippen molar-refractivity contribution in [3.8, 4) is 0 Å². The van der Waals surface area contributed by atoms with E-state index in [-0.39, 0.29) is 12.0 Å². The van der Waals surface area contributed by atoms with Crippen molar-refractivity contribution < 1.29 is 23.1 Å². The van der Waals surface area contributed by atoms with Crippen molar-refractivity contribution in [1.82, 2.24) is 9.55 Å². The third-order valence-corrected chi connectivity index (χ3v) is 5.34. The Kier molecular flexibility index (Phi) is 5.06. The average Bonchev–Trinajstić information content (AvgIpc) is 3.43. The zero-order chi connectivity index (χ0) is 20.6. The molecule has 0 unspecified atom stereocenters. The smallest absolute Gasteiger partial charge is 0.389 e. The Labute approximate surface area is 166 Å². The van der Waals surface area contributed by atoms with E-state index >= 15 is 0 Å². The summed E-state index contributed by atoms with van der Waals surface area (Å²) in [4.78, 5) is 16.1. The molecule has 0 atom stereocenters. The molecular formula is C22H21F3N2O2. The van der Waals surface area contributed by atoms with Crippen molar-refractivity contribution in [2.45, 2.75) is 50.7 Å². The van der Waals surface area contributed by atoms with Gasteiger partial charge in [0.05, 0.1) is 11.3 Å². The molecule has 0 bridgehead atoms. The largest absolute Gasteiger partial charge is 0.478 e. The SMILES string of the molecule is O=C(O)c1cc(C2CC2)cnc1Cc1ccc2c(ccn2CCCC(F)(F)F)c1. The first-order valence-corrected chi connectivity index (χ1v) is 9.67. The van der Waals surface area contributed by atoms with Gasteiger partial charge in [0.15, 0.2) is 0 Å².